The zero-order chi connectivity index (χ0) is 22.9. The highest BCUT2D eigenvalue weighted by Crippen LogP contribution is 2.28. The highest BCUT2D eigenvalue weighted by molar-refractivity contribution is 7.89. The Labute approximate surface area is 193 Å². The Morgan fingerprint density at radius 1 is 1.03 bits per heavy atom. The van der Waals surface area contributed by atoms with Crippen LogP contribution in [0.3, 0.4) is 0 Å². The van der Waals surface area contributed by atoms with Crippen LogP contribution in [0.4, 0.5) is 5.13 Å². The molecule has 6 nitrogen and oxygen atoms in total. The Kier molecular flexibility index (Phi) is 6.46. The van der Waals surface area contributed by atoms with Gasteiger partial charge in [0, 0.05) is 30.0 Å². The second kappa shape index (κ2) is 9.13. The number of nitrogens with one attached hydrogen (secondary N) is 1. The molecule has 0 aliphatic carbocycles. The van der Waals surface area contributed by atoms with Crippen molar-refractivity contribution in [2.75, 3.05) is 18.4 Å². The van der Waals surface area contributed by atoms with Gasteiger partial charge in [0.2, 0.25) is 15.9 Å². The largest absolute Gasteiger partial charge is 0.302 e. The average Bonchev–Trinajstić information content (AvgIpc) is 3.24. The van der Waals surface area contributed by atoms with Crippen molar-refractivity contribution in [1.29, 1.82) is 0 Å². The van der Waals surface area contributed by atoms with E-state index in [0.717, 1.165) is 16.8 Å². The first kappa shape index (κ1) is 22.6. The molecule has 4 rings (SSSR count). The van der Waals surface area contributed by atoms with Gasteiger partial charge in [0.15, 0.2) is 5.13 Å². The van der Waals surface area contributed by atoms with E-state index >= 15 is 0 Å². The van der Waals surface area contributed by atoms with Crippen LogP contribution in [0.5, 0.6) is 0 Å². The fourth-order valence-electron chi connectivity index (χ4n) is 3.79. The summed E-state index contributed by atoms with van der Waals surface area (Å²) in [6.45, 7) is 6.73. The van der Waals surface area contributed by atoms with Gasteiger partial charge in [-0.15, -0.1) is 11.3 Å². The van der Waals surface area contributed by atoms with Gasteiger partial charge in [-0.1, -0.05) is 29.8 Å². The average molecular weight is 470 g/mol. The highest BCUT2D eigenvalue weighted by Gasteiger charge is 2.32. The number of carbonyl (C=O) groups is 1. The zero-order valence-electron chi connectivity index (χ0n) is 18.5. The number of thiazole rings is 1. The number of aromatic nitrogens is 1. The summed E-state index contributed by atoms with van der Waals surface area (Å²) < 4.78 is 27.2. The smallest absolute Gasteiger partial charge is 0.243 e. The third-order valence-electron chi connectivity index (χ3n) is 6.02. The highest BCUT2D eigenvalue weighted by atomic mass is 32.2. The first-order chi connectivity index (χ1) is 15.2. The number of aryl methyl sites for hydroxylation is 3. The molecule has 0 radical (unpaired) electrons. The lowest BCUT2D eigenvalue weighted by atomic mass is 9.97. The topological polar surface area (TPSA) is 79.4 Å². The van der Waals surface area contributed by atoms with Gasteiger partial charge < -0.3 is 5.32 Å². The third kappa shape index (κ3) is 4.77. The van der Waals surface area contributed by atoms with Gasteiger partial charge in [-0.25, -0.2) is 13.4 Å². The van der Waals surface area contributed by atoms with Gasteiger partial charge >= 0.3 is 0 Å². The maximum Gasteiger partial charge on any atom is 0.243 e. The molecular formula is C24H27N3O3S2. The number of rotatable bonds is 5. The van der Waals surface area contributed by atoms with E-state index in [-0.39, 0.29) is 11.8 Å². The van der Waals surface area contributed by atoms with E-state index < -0.39 is 10.0 Å². The molecule has 0 atom stereocenters. The van der Waals surface area contributed by atoms with Crippen LogP contribution in [0, 0.1) is 26.7 Å². The summed E-state index contributed by atoms with van der Waals surface area (Å²) in [6.07, 6.45) is 0.985. The fraction of sp³-hybridized carbons (Fsp3) is 0.333. The minimum atomic E-state index is -3.53. The summed E-state index contributed by atoms with van der Waals surface area (Å²) in [4.78, 5) is 17.6. The summed E-state index contributed by atoms with van der Waals surface area (Å²) in [5, 5.41) is 5.43. The maximum absolute atomic E-state index is 12.9. The minimum Gasteiger partial charge on any atom is -0.302 e. The van der Waals surface area contributed by atoms with Crippen LogP contribution in [0.15, 0.2) is 52.7 Å². The Bertz CT molecular complexity index is 1230. The summed E-state index contributed by atoms with van der Waals surface area (Å²) in [5.74, 6) is -0.327. The van der Waals surface area contributed by atoms with Crippen LogP contribution in [0.25, 0.3) is 11.3 Å². The fourth-order valence-corrected chi connectivity index (χ4v) is 5.98. The van der Waals surface area contributed by atoms with Crippen molar-refractivity contribution in [3.05, 3.63) is 64.5 Å². The monoisotopic (exact) mass is 469 g/mol. The van der Waals surface area contributed by atoms with Crippen molar-refractivity contribution in [1.82, 2.24) is 9.29 Å². The Balaban J connectivity index is 1.36. The van der Waals surface area contributed by atoms with Gasteiger partial charge in [-0.2, -0.15) is 4.31 Å². The summed E-state index contributed by atoms with van der Waals surface area (Å²) in [5.41, 5.74) is 5.32. The van der Waals surface area contributed by atoms with Crippen molar-refractivity contribution in [3.63, 3.8) is 0 Å². The molecule has 1 amide bonds. The number of nitrogens with zero attached hydrogens (tertiary/aromatic N) is 2. The van der Waals surface area contributed by atoms with Gasteiger partial charge in [0.05, 0.1) is 10.6 Å². The SMILES string of the molecule is Cc1ccc(S(=O)(=O)N2CCC(C(=O)Nc3nc(-c4ccc(C)c(C)c4)cs3)CC2)cc1. The molecule has 0 spiro atoms. The second-order valence-electron chi connectivity index (χ2n) is 8.32. The number of anilines is 1. The van der Waals surface area contributed by atoms with E-state index in [2.05, 4.69) is 36.3 Å². The van der Waals surface area contributed by atoms with E-state index in [0.29, 0.717) is 36.0 Å². The van der Waals surface area contributed by atoms with Crippen LogP contribution in [-0.4, -0.2) is 36.7 Å². The normalized spacial score (nSPS) is 15.6. The number of benzene rings is 2. The molecule has 1 aliphatic rings. The number of amides is 1. The van der Waals surface area contributed by atoms with E-state index in [1.54, 1.807) is 24.3 Å². The number of carbonyl (C=O) groups excluding carboxylic acids is 1. The van der Waals surface area contributed by atoms with E-state index in [9.17, 15) is 13.2 Å². The number of piperidine rings is 1. The second-order valence-corrected chi connectivity index (χ2v) is 11.1. The molecule has 32 heavy (non-hydrogen) atoms. The number of hydrogen-bond acceptors (Lipinski definition) is 5. The standard InChI is InChI=1S/C24H27N3O3S2/c1-16-4-8-21(9-5-16)32(29,30)27-12-10-19(11-13-27)23(28)26-24-25-22(15-31-24)20-7-6-17(2)18(3)14-20/h4-9,14-15,19H,10-13H2,1-3H3,(H,25,26,28). The van der Waals surface area contributed by atoms with Gasteiger partial charge in [0.25, 0.3) is 0 Å². The zero-order valence-corrected chi connectivity index (χ0v) is 20.1. The van der Waals surface area contributed by atoms with E-state index in [1.165, 1.54) is 26.8 Å². The molecule has 1 N–H and O–H groups in total. The maximum atomic E-state index is 12.9. The molecule has 2 aromatic carbocycles. The van der Waals surface area contributed by atoms with Crippen molar-refractivity contribution < 1.29 is 13.2 Å². The Morgan fingerprint density at radius 2 is 1.72 bits per heavy atom. The van der Waals surface area contributed by atoms with Gasteiger partial charge in [0.1, 0.15) is 0 Å². The molecule has 1 aliphatic heterocycles. The molecule has 2 heterocycles. The summed E-state index contributed by atoms with van der Waals surface area (Å²) >= 11 is 1.40. The molecule has 0 unspecified atom stereocenters. The van der Waals surface area contributed by atoms with Crippen molar-refractivity contribution in [2.45, 2.75) is 38.5 Å². The van der Waals surface area contributed by atoms with Gasteiger partial charge in [-0.05, 0) is 62.9 Å². The molecule has 1 saturated heterocycles. The van der Waals surface area contributed by atoms with E-state index in [1.807, 2.05) is 18.4 Å². The molecule has 0 bridgehead atoms. The predicted molar refractivity (Wildman–Crippen MR) is 128 cm³/mol. The Hall–Kier alpha value is -2.55. The molecule has 8 heteroatoms. The molecule has 168 valence electrons. The summed E-state index contributed by atoms with van der Waals surface area (Å²) in [6, 6.07) is 13.1. The minimum absolute atomic E-state index is 0.0987. The lowest BCUT2D eigenvalue weighted by Crippen LogP contribution is -2.41. The first-order valence-corrected chi connectivity index (χ1v) is 13.0. The van der Waals surface area contributed by atoms with E-state index in [4.69, 9.17) is 0 Å². The van der Waals surface area contributed by atoms with Crippen molar-refractivity contribution in [2.24, 2.45) is 5.92 Å². The number of sulfonamides is 1. The van der Waals surface area contributed by atoms with Crippen LogP contribution in [0.1, 0.15) is 29.5 Å². The lowest BCUT2D eigenvalue weighted by molar-refractivity contribution is -0.120. The van der Waals surface area contributed by atoms with Crippen LogP contribution >= 0.6 is 11.3 Å². The molecular weight excluding hydrogens is 442 g/mol. The van der Waals surface area contributed by atoms with Crippen LogP contribution < -0.4 is 5.32 Å². The van der Waals surface area contributed by atoms with Gasteiger partial charge in [-0.3, -0.25) is 4.79 Å². The molecule has 1 aromatic heterocycles. The van der Waals surface area contributed by atoms with Crippen LogP contribution in [0.2, 0.25) is 0 Å². The molecule has 0 saturated carbocycles. The lowest BCUT2D eigenvalue weighted by Gasteiger charge is -2.30. The number of hydrogen-bond donors (Lipinski definition) is 1. The van der Waals surface area contributed by atoms with Crippen molar-refractivity contribution >= 4 is 32.4 Å². The third-order valence-corrected chi connectivity index (χ3v) is 8.69. The quantitative estimate of drug-likeness (QED) is 0.583. The first-order valence-electron chi connectivity index (χ1n) is 10.6. The molecule has 1 fully saturated rings. The van der Waals surface area contributed by atoms with Crippen molar-refractivity contribution in [3.8, 4) is 11.3 Å². The predicted octanol–water partition coefficient (Wildman–Crippen LogP) is 4.77. The summed E-state index contributed by atoms with van der Waals surface area (Å²) in [7, 11) is -3.53. The van der Waals surface area contributed by atoms with Crippen LogP contribution in [-0.2, 0) is 14.8 Å². The Morgan fingerprint density at radius 3 is 2.38 bits per heavy atom. The molecule has 3 aromatic rings.